The molecule has 1 fully saturated rings. The van der Waals surface area contributed by atoms with Crippen LogP contribution >= 0.6 is 12.2 Å². The van der Waals surface area contributed by atoms with Gasteiger partial charge in [-0.05, 0) is 38.2 Å². The van der Waals surface area contributed by atoms with E-state index >= 15 is 0 Å². The van der Waals surface area contributed by atoms with Crippen molar-refractivity contribution >= 4 is 22.2 Å². The average Bonchev–Trinajstić information content (AvgIpc) is 3.09. The first-order chi connectivity index (χ1) is 14.3. The molecule has 0 atom stereocenters. The Hall–Kier alpha value is -2.33. The summed E-state index contributed by atoms with van der Waals surface area (Å²) >= 11 is 5.41. The quantitative estimate of drug-likeness (QED) is 0.613. The molecule has 158 valence electrons. The van der Waals surface area contributed by atoms with Gasteiger partial charge >= 0.3 is 0 Å². The maximum Gasteiger partial charge on any atom is 0.243 e. The topological polar surface area (TPSA) is 74.2 Å². The molecular formula is C21H25N5O2S2. The van der Waals surface area contributed by atoms with Gasteiger partial charge in [-0.15, -0.1) is 0 Å². The summed E-state index contributed by atoms with van der Waals surface area (Å²) in [6.45, 7) is 6.70. The van der Waals surface area contributed by atoms with E-state index in [0.29, 0.717) is 42.5 Å². The van der Waals surface area contributed by atoms with Gasteiger partial charge in [0.2, 0.25) is 14.8 Å². The van der Waals surface area contributed by atoms with Crippen molar-refractivity contribution in [2.24, 2.45) is 0 Å². The van der Waals surface area contributed by atoms with Crippen LogP contribution in [-0.2, 0) is 16.7 Å². The summed E-state index contributed by atoms with van der Waals surface area (Å²) in [5.41, 5.74) is 3.22. The van der Waals surface area contributed by atoms with E-state index in [2.05, 4.69) is 15.0 Å². The summed E-state index contributed by atoms with van der Waals surface area (Å²) in [4.78, 5) is 6.99. The van der Waals surface area contributed by atoms with E-state index in [1.165, 1.54) is 5.56 Å². The molecule has 0 spiro atoms. The summed E-state index contributed by atoms with van der Waals surface area (Å²) in [5, 5.41) is 3.26. The van der Waals surface area contributed by atoms with Crippen molar-refractivity contribution in [3.05, 3.63) is 64.4 Å². The number of nitrogens with one attached hydrogen (secondary N) is 1. The van der Waals surface area contributed by atoms with E-state index in [-0.39, 0.29) is 0 Å². The summed E-state index contributed by atoms with van der Waals surface area (Å²) in [7, 11) is -3.46. The highest BCUT2D eigenvalue weighted by Crippen LogP contribution is 2.19. The van der Waals surface area contributed by atoms with Gasteiger partial charge in [-0.25, -0.2) is 13.1 Å². The SMILES string of the molecule is Cc1ccc(-c2nc(=S)n(CN3CCN(S(=O)(=O)c4ccc(C)cc4)CC3)[nH]2)cc1. The third-order valence-corrected chi connectivity index (χ3v) is 7.56. The van der Waals surface area contributed by atoms with Crippen molar-refractivity contribution in [3.8, 4) is 11.4 Å². The smallest absolute Gasteiger partial charge is 0.243 e. The van der Waals surface area contributed by atoms with Crippen LogP contribution in [0.25, 0.3) is 11.4 Å². The maximum atomic E-state index is 12.9. The first-order valence-corrected chi connectivity index (χ1v) is 11.7. The highest BCUT2D eigenvalue weighted by molar-refractivity contribution is 7.89. The van der Waals surface area contributed by atoms with Crippen molar-refractivity contribution in [1.29, 1.82) is 0 Å². The van der Waals surface area contributed by atoms with Crippen LogP contribution < -0.4 is 0 Å². The second-order valence-corrected chi connectivity index (χ2v) is 9.93. The van der Waals surface area contributed by atoms with Crippen molar-refractivity contribution in [2.45, 2.75) is 25.4 Å². The number of rotatable bonds is 5. The molecule has 1 aliphatic heterocycles. The normalized spacial score (nSPS) is 16.1. The molecule has 3 aromatic rings. The number of piperazine rings is 1. The van der Waals surface area contributed by atoms with Crippen molar-refractivity contribution in [2.75, 3.05) is 26.2 Å². The first-order valence-electron chi connectivity index (χ1n) is 9.86. The second kappa shape index (κ2) is 8.43. The van der Waals surface area contributed by atoms with E-state index in [0.717, 1.165) is 17.0 Å². The zero-order valence-electron chi connectivity index (χ0n) is 17.1. The fraction of sp³-hybridized carbons (Fsp3) is 0.333. The van der Waals surface area contributed by atoms with Gasteiger partial charge in [0.05, 0.1) is 11.6 Å². The Kier molecular flexibility index (Phi) is 5.88. The number of aromatic nitrogens is 3. The number of benzene rings is 2. The van der Waals surface area contributed by atoms with E-state index in [1.54, 1.807) is 16.4 Å². The number of aryl methyl sites for hydroxylation is 2. The van der Waals surface area contributed by atoms with Crippen molar-refractivity contribution < 1.29 is 8.42 Å². The van der Waals surface area contributed by atoms with E-state index in [4.69, 9.17) is 12.2 Å². The lowest BCUT2D eigenvalue weighted by atomic mass is 10.1. The van der Waals surface area contributed by atoms with E-state index < -0.39 is 10.0 Å². The molecule has 0 aliphatic carbocycles. The molecule has 1 saturated heterocycles. The summed E-state index contributed by atoms with van der Waals surface area (Å²) in [6, 6.07) is 15.1. The van der Waals surface area contributed by atoms with Crippen LogP contribution in [0.5, 0.6) is 0 Å². The van der Waals surface area contributed by atoms with Crippen LogP contribution in [0.1, 0.15) is 11.1 Å². The Morgan fingerprint density at radius 2 is 1.50 bits per heavy atom. The zero-order valence-corrected chi connectivity index (χ0v) is 18.7. The van der Waals surface area contributed by atoms with Gasteiger partial charge in [-0.3, -0.25) is 10.00 Å². The molecule has 4 rings (SSSR count). The highest BCUT2D eigenvalue weighted by atomic mass is 32.2. The number of hydrogen-bond acceptors (Lipinski definition) is 5. The third kappa shape index (κ3) is 4.39. The van der Waals surface area contributed by atoms with E-state index in [9.17, 15) is 8.42 Å². The highest BCUT2D eigenvalue weighted by Gasteiger charge is 2.28. The molecule has 1 aliphatic rings. The molecule has 0 unspecified atom stereocenters. The van der Waals surface area contributed by atoms with E-state index in [1.807, 2.05) is 54.9 Å². The van der Waals surface area contributed by atoms with Gasteiger partial charge in [0, 0.05) is 31.7 Å². The van der Waals surface area contributed by atoms with Gasteiger partial charge < -0.3 is 0 Å². The fourth-order valence-corrected chi connectivity index (χ4v) is 5.08. The van der Waals surface area contributed by atoms with Crippen LogP contribution in [0.15, 0.2) is 53.4 Å². The molecule has 1 aromatic heterocycles. The predicted molar refractivity (Wildman–Crippen MR) is 119 cm³/mol. The van der Waals surface area contributed by atoms with Crippen molar-refractivity contribution in [3.63, 3.8) is 0 Å². The third-order valence-electron chi connectivity index (χ3n) is 5.34. The molecule has 0 radical (unpaired) electrons. The lowest BCUT2D eigenvalue weighted by Gasteiger charge is -2.33. The lowest BCUT2D eigenvalue weighted by Crippen LogP contribution is -2.48. The number of aromatic amines is 1. The molecule has 2 aromatic carbocycles. The molecule has 0 saturated carbocycles. The molecule has 30 heavy (non-hydrogen) atoms. The Morgan fingerprint density at radius 1 is 0.933 bits per heavy atom. The van der Waals surface area contributed by atoms with Crippen LogP contribution in [0.2, 0.25) is 0 Å². The summed E-state index contributed by atoms with van der Waals surface area (Å²) < 4.78 is 29.6. The average molecular weight is 444 g/mol. The van der Waals surface area contributed by atoms with Crippen LogP contribution in [-0.4, -0.2) is 58.6 Å². The molecular weight excluding hydrogens is 418 g/mol. The minimum absolute atomic E-state index is 0.347. The number of sulfonamides is 1. The van der Waals surface area contributed by atoms with Gasteiger partial charge in [0.1, 0.15) is 0 Å². The monoisotopic (exact) mass is 443 g/mol. The van der Waals surface area contributed by atoms with Gasteiger partial charge in [-0.1, -0.05) is 47.5 Å². The first kappa shape index (κ1) is 20.9. The molecule has 7 nitrogen and oxygen atoms in total. The summed E-state index contributed by atoms with van der Waals surface area (Å²) in [5.74, 6) is 0.737. The molecule has 1 N–H and O–H groups in total. The summed E-state index contributed by atoms with van der Waals surface area (Å²) in [6.07, 6.45) is 0. The number of H-pyrrole nitrogens is 1. The van der Waals surface area contributed by atoms with Gasteiger partial charge in [0.25, 0.3) is 0 Å². The largest absolute Gasteiger partial charge is 0.282 e. The second-order valence-electron chi connectivity index (χ2n) is 7.63. The molecule has 9 heteroatoms. The standard InChI is InChI=1S/C21H25N5O2S2/c1-16-3-7-18(8-4-16)20-22-21(29)26(23-20)15-24-11-13-25(14-12-24)30(27,28)19-9-5-17(2)6-10-19/h3-10H,11-15H2,1-2H3,(H,22,23,29). The molecule has 0 amide bonds. The zero-order chi connectivity index (χ0) is 21.3. The van der Waals surface area contributed by atoms with Crippen LogP contribution in [0.3, 0.4) is 0 Å². The maximum absolute atomic E-state index is 12.9. The van der Waals surface area contributed by atoms with Gasteiger partial charge in [0.15, 0.2) is 5.82 Å². The van der Waals surface area contributed by atoms with Crippen molar-refractivity contribution in [1.82, 2.24) is 24.0 Å². The fourth-order valence-electron chi connectivity index (χ4n) is 3.46. The minimum Gasteiger partial charge on any atom is -0.282 e. The minimum atomic E-state index is -3.46. The van der Waals surface area contributed by atoms with Crippen LogP contribution in [0.4, 0.5) is 0 Å². The van der Waals surface area contributed by atoms with Gasteiger partial charge in [-0.2, -0.15) is 9.29 Å². The molecule has 0 bridgehead atoms. The Labute approximate surface area is 182 Å². The molecule has 2 heterocycles. The predicted octanol–water partition coefficient (Wildman–Crippen LogP) is 3.19. The Bertz CT molecular complexity index is 1170. The number of nitrogens with zero attached hydrogens (tertiary/aromatic N) is 4. The van der Waals surface area contributed by atoms with Crippen LogP contribution in [0, 0.1) is 18.6 Å². The Balaban J connectivity index is 1.41. The Morgan fingerprint density at radius 3 is 2.10 bits per heavy atom. The lowest BCUT2D eigenvalue weighted by molar-refractivity contribution is 0.145. The number of hydrogen-bond donors (Lipinski definition) is 1.